The zero-order chi connectivity index (χ0) is 16.2. The summed E-state index contributed by atoms with van der Waals surface area (Å²) in [6, 6.07) is 9.66. The maximum absolute atomic E-state index is 11.1. The molecule has 0 bridgehead atoms. The molecule has 2 aromatic heterocycles. The highest BCUT2D eigenvalue weighted by Gasteiger charge is 2.17. The summed E-state index contributed by atoms with van der Waals surface area (Å²) in [6.07, 6.45) is 5.72. The molecular weight excluding hydrogens is 292 g/mol. The van der Waals surface area contributed by atoms with Crippen LogP contribution in [0.25, 0.3) is 22.5 Å². The van der Waals surface area contributed by atoms with Crippen LogP contribution >= 0.6 is 0 Å². The predicted molar refractivity (Wildman–Crippen MR) is 85.7 cm³/mol. The molecule has 0 unspecified atom stereocenters. The Hall–Kier alpha value is -3.02. The zero-order valence-corrected chi connectivity index (χ0v) is 12.7. The van der Waals surface area contributed by atoms with Crippen LogP contribution in [-0.4, -0.2) is 30.6 Å². The zero-order valence-electron chi connectivity index (χ0n) is 12.7. The Morgan fingerprint density at radius 2 is 1.78 bits per heavy atom. The Bertz CT molecular complexity index is 810. The quantitative estimate of drug-likeness (QED) is 0.783. The lowest BCUT2D eigenvalue weighted by molar-refractivity contribution is -0.137. The van der Waals surface area contributed by atoms with Crippen LogP contribution in [0.1, 0.15) is 12.7 Å². The molecule has 6 heteroatoms. The second-order valence-electron chi connectivity index (χ2n) is 5.07. The minimum Gasteiger partial charge on any atom is -0.480 e. The van der Waals surface area contributed by atoms with Gasteiger partial charge in [-0.25, -0.2) is 15.0 Å². The fourth-order valence-electron chi connectivity index (χ4n) is 2.42. The van der Waals surface area contributed by atoms with Crippen LogP contribution < -0.4 is 0 Å². The van der Waals surface area contributed by atoms with Gasteiger partial charge in [0.05, 0.1) is 17.7 Å². The van der Waals surface area contributed by atoms with Crippen molar-refractivity contribution in [3.05, 3.63) is 54.9 Å². The maximum Gasteiger partial charge on any atom is 0.323 e. The minimum atomic E-state index is -0.922. The lowest BCUT2D eigenvalue weighted by Crippen LogP contribution is -2.09. The second-order valence-corrected chi connectivity index (χ2v) is 5.07. The molecule has 0 fully saturated rings. The van der Waals surface area contributed by atoms with Gasteiger partial charge in [-0.15, -0.1) is 0 Å². The molecule has 0 amide bonds. The average Bonchev–Trinajstić information content (AvgIpc) is 2.98. The number of carboxylic acids is 1. The number of hydrogen-bond donors (Lipinski definition) is 1. The summed E-state index contributed by atoms with van der Waals surface area (Å²) < 4.78 is 1.61. The number of aromatic nitrogens is 4. The van der Waals surface area contributed by atoms with E-state index in [4.69, 9.17) is 5.11 Å². The number of imidazole rings is 1. The third kappa shape index (κ3) is 3.11. The lowest BCUT2D eigenvalue weighted by Gasteiger charge is -2.08. The SMILES string of the molecule is CCc1ncc(-c2c(-c3ccccc3)ncn2CC(=O)O)cn1. The van der Waals surface area contributed by atoms with E-state index in [-0.39, 0.29) is 6.54 Å². The first-order valence-electron chi connectivity index (χ1n) is 7.32. The highest BCUT2D eigenvalue weighted by atomic mass is 16.4. The summed E-state index contributed by atoms with van der Waals surface area (Å²) in [4.78, 5) is 24.1. The molecule has 0 aliphatic rings. The van der Waals surface area contributed by atoms with E-state index in [9.17, 15) is 4.79 Å². The molecule has 0 atom stereocenters. The fourth-order valence-corrected chi connectivity index (χ4v) is 2.42. The van der Waals surface area contributed by atoms with Gasteiger partial charge in [-0.1, -0.05) is 37.3 Å². The van der Waals surface area contributed by atoms with Crippen molar-refractivity contribution in [1.82, 2.24) is 19.5 Å². The van der Waals surface area contributed by atoms with Crippen molar-refractivity contribution in [2.45, 2.75) is 19.9 Å². The molecule has 3 aromatic rings. The third-order valence-electron chi connectivity index (χ3n) is 3.49. The van der Waals surface area contributed by atoms with Crippen molar-refractivity contribution in [3.8, 4) is 22.5 Å². The highest BCUT2D eigenvalue weighted by Crippen LogP contribution is 2.30. The molecule has 1 N–H and O–H groups in total. The molecular formula is C17H16N4O2. The lowest BCUT2D eigenvalue weighted by atomic mass is 10.1. The first-order chi connectivity index (χ1) is 11.2. The summed E-state index contributed by atoms with van der Waals surface area (Å²) in [5, 5.41) is 9.12. The summed E-state index contributed by atoms with van der Waals surface area (Å²) in [6.45, 7) is 1.82. The molecule has 3 rings (SSSR count). The second kappa shape index (κ2) is 6.39. The van der Waals surface area contributed by atoms with Gasteiger partial charge in [0.1, 0.15) is 12.4 Å². The van der Waals surface area contributed by atoms with Gasteiger partial charge in [0.15, 0.2) is 0 Å². The largest absolute Gasteiger partial charge is 0.480 e. The van der Waals surface area contributed by atoms with Crippen molar-refractivity contribution in [3.63, 3.8) is 0 Å². The number of aryl methyl sites for hydroxylation is 1. The molecule has 0 aliphatic heterocycles. The predicted octanol–water partition coefficient (Wildman–Crippen LogP) is 2.65. The molecule has 2 heterocycles. The van der Waals surface area contributed by atoms with E-state index in [1.54, 1.807) is 23.3 Å². The highest BCUT2D eigenvalue weighted by molar-refractivity contribution is 5.79. The van der Waals surface area contributed by atoms with Crippen molar-refractivity contribution in [2.24, 2.45) is 0 Å². The van der Waals surface area contributed by atoms with E-state index < -0.39 is 5.97 Å². The van der Waals surface area contributed by atoms with Gasteiger partial charge >= 0.3 is 5.97 Å². The summed E-state index contributed by atoms with van der Waals surface area (Å²) in [7, 11) is 0. The molecule has 0 aliphatic carbocycles. The van der Waals surface area contributed by atoms with Gasteiger partial charge < -0.3 is 9.67 Å². The Balaban J connectivity index is 2.14. The Labute approximate surface area is 133 Å². The van der Waals surface area contributed by atoms with E-state index >= 15 is 0 Å². The number of benzene rings is 1. The minimum absolute atomic E-state index is 0.162. The van der Waals surface area contributed by atoms with Gasteiger partial charge in [-0.05, 0) is 0 Å². The van der Waals surface area contributed by atoms with Crippen LogP contribution in [0, 0.1) is 0 Å². The van der Waals surface area contributed by atoms with Crippen LogP contribution in [0.2, 0.25) is 0 Å². The number of carboxylic acid groups (broad SMARTS) is 1. The Kier molecular flexibility index (Phi) is 4.14. The van der Waals surface area contributed by atoms with E-state index in [2.05, 4.69) is 15.0 Å². The standard InChI is InChI=1S/C17H16N4O2/c1-2-14-18-8-13(9-19-14)17-16(12-6-4-3-5-7-12)20-11-21(17)10-15(22)23/h3-9,11H,2,10H2,1H3,(H,22,23). The van der Waals surface area contributed by atoms with E-state index in [0.29, 0.717) is 5.69 Å². The van der Waals surface area contributed by atoms with Crippen molar-refractivity contribution < 1.29 is 9.90 Å². The smallest absolute Gasteiger partial charge is 0.323 e. The first-order valence-corrected chi connectivity index (χ1v) is 7.32. The number of nitrogens with zero attached hydrogens (tertiary/aromatic N) is 4. The first kappa shape index (κ1) is 14.9. The topological polar surface area (TPSA) is 80.9 Å². The van der Waals surface area contributed by atoms with Crippen LogP contribution in [0.4, 0.5) is 0 Å². The molecule has 0 saturated carbocycles. The summed E-state index contributed by atoms with van der Waals surface area (Å²) in [5.41, 5.74) is 3.10. The van der Waals surface area contributed by atoms with E-state index in [1.807, 2.05) is 37.3 Å². The number of rotatable bonds is 5. The average molecular weight is 308 g/mol. The van der Waals surface area contributed by atoms with Gasteiger partial charge in [-0.3, -0.25) is 4.79 Å². The number of aliphatic carboxylic acids is 1. The summed E-state index contributed by atoms with van der Waals surface area (Å²) >= 11 is 0. The fraction of sp³-hybridized carbons (Fsp3) is 0.176. The van der Waals surface area contributed by atoms with Gasteiger partial charge in [0.2, 0.25) is 0 Å². The monoisotopic (exact) mass is 308 g/mol. The number of hydrogen-bond acceptors (Lipinski definition) is 4. The molecule has 116 valence electrons. The molecule has 0 radical (unpaired) electrons. The molecule has 0 spiro atoms. The van der Waals surface area contributed by atoms with Crippen molar-refractivity contribution in [1.29, 1.82) is 0 Å². The molecule has 6 nitrogen and oxygen atoms in total. The van der Waals surface area contributed by atoms with Crippen LogP contribution in [0.3, 0.4) is 0 Å². The van der Waals surface area contributed by atoms with Crippen LogP contribution in [-0.2, 0) is 17.8 Å². The van der Waals surface area contributed by atoms with Crippen LogP contribution in [0.15, 0.2) is 49.1 Å². The van der Waals surface area contributed by atoms with E-state index in [0.717, 1.165) is 29.1 Å². The summed E-state index contributed by atoms with van der Waals surface area (Å²) in [5.74, 6) is -0.173. The number of carbonyl (C=O) groups is 1. The molecule has 1 aromatic carbocycles. The van der Waals surface area contributed by atoms with Gasteiger partial charge in [0.25, 0.3) is 0 Å². The Morgan fingerprint density at radius 3 is 2.39 bits per heavy atom. The van der Waals surface area contributed by atoms with Gasteiger partial charge in [0, 0.05) is 29.9 Å². The maximum atomic E-state index is 11.1. The molecule has 0 saturated heterocycles. The Morgan fingerprint density at radius 1 is 1.09 bits per heavy atom. The molecule has 23 heavy (non-hydrogen) atoms. The van der Waals surface area contributed by atoms with Crippen molar-refractivity contribution >= 4 is 5.97 Å². The van der Waals surface area contributed by atoms with Crippen LogP contribution in [0.5, 0.6) is 0 Å². The third-order valence-corrected chi connectivity index (χ3v) is 3.49. The normalized spacial score (nSPS) is 10.7. The van der Waals surface area contributed by atoms with E-state index in [1.165, 1.54) is 0 Å². The van der Waals surface area contributed by atoms with Gasteiger partial charge in [-0.2, -0.15) is 0 Å². The van der Waals surface area contributed by atoms with Crippen molar-refractivity contribution in [2.75, 3.05) is 0 Å².